The zero-order chi connectivity index (χ0) is 12.5. The fraction of sp³-hybridized carbons (Fsp3) is 0.273. The highest BCUT2D eigenvalue weighted by Gasteiger charge is 2.22. The average molecular weight is 224 g/mol. The highest BCUT2D eigenvalue weighted by atomic mass is 16.4. The lowest BCUT2D eigenvalue weighted by atomic mass is 9.94. The molecule has 0 saturated carbocycles. The Kier molecular flexibility index (Phi) is 3.17. The van der Waals surface area contributed by atoms with Crippen molar-refractivity contribution in [2.75, 3.05) is 0 Å². The molecule has 0 fully saturated rings. The van der Waals surface area contributed by atoms with Crippen LogP contribution in [0.3, 0.4) is 0 Å². The van der Waals surface area contributed by atoms with Crippen LogP contribution in [0.1, 0.15) is 38.8 Å². The Labute approximate surface area is 92.0 Å². The second-order valence-electron chi connectivity index (χ2n) is 3.39. The number of carbonyl (C=O) groups is 2. The fourth-order valence-corrected chi connectivity index (χ4v) is 1.67. The van der Waals surface area contributed by atoms with E-state index < -0.39 is 11.9 Å². The van der Waals surface area contributed by atoms with E-state index in [1.165, 1.54) is 6.92 Å². The molecule has 0 bridgehead atoms. The molecule has 0 heterocycles. The van der Waals surface area contributed by atoms with E-state index in [0.29, 0.717) is 0 Å². The van der Waals surface area contributed by atoms with E-state index in [4.69, 9.17) is 10.2 Å². The molecule has 0 atom stereocenters. The predicted molar refractivity (Wildman–Crippen MR) is 56.1 cm³/mol. The van der Waals surface area contributed by atoms with Crippen LogP contribution in [-0.4, -0.2) is 27.3 Å². The third kappa shape index (κ3) is 1.84. The summed E-state index contributed by atoms with van der Waals surface area (Å²) in [6.45, 7) is 3.12. The molecule has 0 aliphatic heterocycles. The molecule has 0 aromatic heterocycles. The van der Waals surface area contributed by atoms with Gasteiger partial charge in [-0.05, 0) is 25.0 Å². The fourth-order valence-electron chi connectivity index (χ4n) is 1.67. The number of aromatic hydroxyl groups is 1. The summed E-state index contributed by atoms with van der Waals surface area (Å²) in [4.78, 5) is 21.9. The maximum atomic E-state index is 11.0. The van der Waals surface area contributed by atoms with Gasteiger partial charge in [-0.1, -0.05) is 6.92 Å². The maximum Gasteiger partial charge on any atom is 0.336 e. The van der Waals surface area contributed by atoms with E-state index in [1.54, 1.807) is 6.92 Å². The number of hydrogen-bond acceptors (Lipinski definition) is 3. The van der Waals surface area contributed by atoms with E-state index in [2.05, 4.69) is 0 Å². The minimum atomic E-state index is -1.24. The van der Waals surface area contributed by atoms with Crippen LogP contribution in [0.15, 0.2) is 6.07 Å². The quantitative estimate of drug-likeness (QED) is 0.725. The Balaban J connectivity index is 3.68. The van der Waals surface area contributed by atoms with Gasteiger partial charge in [0, 0.05) is 5.56 Å². The summed E-state index contributed by atoms with van der Waals surface area (Å²) in [6.07, 6.45) is 0.282. The minimum absolute atomic E-state index is 0.125. The molecule has 0 amide bonds. The van der Waals surface area contributed by atoms with Crippen molar-refractivity contribution in [3.8, 4) is 5.75 Å². The van der Waals surface area contributed by atoms with Gasteiger partial charge in [0.25, 0.3) is 0 Å². The topological polar surface area (TPSA) is 94.8 Å². The van der Waals surface area contributed by atoms with Gasteiger partial charge in [-0.2, -0.15) is 0 Å². The summed E-state index contributed by atoms with van der Waals surface area (Å²) in [6, 6.07) is 1.09. The number of hydrogen-bond donors (Lipinski definition) is 3. The largest absolute Gasteiger partial charge is 0.508 e. The number of rotatable bonds is 3. The van der Waals surface area contributed by atoms with Crippen LogP contribution in [0, 0.1) is 6.92 Å². The van der Waals surface area contributed by atoms with E-state index in [1.807, 2.05) is 0 Å². The van der Waals surface area contributed by atoms with Gasteiger partial charge in [0.05, 0.1) is 11.1 Å². The Morgan fingerprint density at radius 2 is 1.81 bits per heavy atom. The minimum Gasteiger partial charge on any atom is -0.508 e. The highest BCUT2D eigenvalue weighted by molar-refractivity contribution is 5.98. The van der Waals surface area contributed by atoms with Crippen molar-refractivity contribution in [1.82, 2.24) is 0 Å². The van der Waals surface area contributed by atoms with Crippen molar-refractivity contribution in [3.05, 3.63) is 28.3 Å². The molecule has 0 unspecified atom stereocenters. The maximum absolute atomic E-state index is 11.0. The molecule has 0 radical (unpaired) electrons. The van der Waals surface area contributed by atoms with Crippen LogP contribution in [0.4, 0.5) is 0 Å². The van der Waals surface area contributed by atoms with Gasteiger partial charge in [-0.3, -0.25) is 0 Å². The number of benzene rings is 1. The van der Waals surface area contributed by atoms with Crippen LogP contribution in [0.5, 0.6) is 5.75 Å². The average Bonchev–Trinajstić information content (AvgIpc) is 2.20. The van der Waals surface area contributed by atoms with Crippen molar-refractivity contribution in [2.24, 2.45) is 0 Å². The number of phenols is 1. The molecule has 16 heavy (non-hydrogen) atoms. The summed E-state index contributed by atoms with van der Waals surface area (Å²) >= 11 is 0. The lowest BCUT2D eigenvalue weighted by Crippen LogP contribution is -2.11. The second-order valence-corrected chi connectivity index (χ2v) is 3.39. The first kappa shape index (κ1) is 12.0. The third-order valence-electron chi connectivity index (χ3n) is 2.46. The zero-order valence-corrected chi connectivity index (χ0v) is 8.94. The number of phenolic OH excluding ortho intramolecular Hbond substituents is 1. The van der Waals surface area contributed by atoms with Crippen LogP contribution in [0.2, 0.25) is 0 Å². The molecule has 0 aliphatic rings. The lowest BCUT2D eigenvalue weighted by molar-refractivity contribution is 0.0694. The standard InChI is InChI=1S/C11H12O5/c1-3-6-7(10(13)14)4-8(12)5(2)9(6)11(15)16/h4,12H,3H2,1-2H3,(H,13,14)(H,15,16). The molecule has 0 spiro atoms. The summed E-state index contributed by atoms with van der Waals surface area (Å²) in [5.74, 6) is -2.78. The summed E-state index contributed by atoms with van der Waals surface area (Å²) in [7, 11) is 0. The van der Waals surface area contributed by atoms with Crippen LogP contribution >= 0.6 is 0 Å². The second kappa shape index (κ2) is 4.22. The van der Waals surface area contributed by atoms with Crippen molar-refractivity contribution < 1.29 is 24.9 Å². The van der Waals surface area contributed by atoms with Crippen LogP contribution < -0.4 is 0 Å². The lowest BCUT2D eigenvalue weighted by Gasteiger charge is -2.12. The monoisotopic (exact) mass is 224 g/mol. The zero-order valence-electron chi connectivity index (χ0n) is 8.94. The molecule has 1 aromatic rings. The first-order chi connectivity index (χ1) is 7.40. The number of carboxylic acid groups (broad SMARTS) is 2. The number of aromatic carboxylic acids is 2. The van der Waals surface area contributed by atoms with E-state index in [-0.39, 0.29) is 34.4 Å². The molecular formula is C11H12O5. The van der Waals surface area contributed by atoms with Crippen molar-refractivity contribution in [3.63, 3.8) is 0 Å². The van der Waals surface area contributed by atoms with Gasteiger partial charge in [-0.15, -0.1) is 0 Å². The van der Waals surface area contributed by atoms with E-state index in [9.17, 15) is 14.7 Å². The smallest absolute Gasteiger partial charge is 0.336 e. The SMILES string of the molecule is CCc1c(C(=O)O)cc(O)c(C)c1C(=O)O. The van der Waals surface area contributed by atoms with Gasteiger partial charge in [-0.25, -0.2) is 9.59 Å². The van der Waals surface area contributed by atoms with Gasteiger partial charge >= 0.3 is 11.9 Å². The van der Waals surface area contributed by atoms with E-state index in [0.717, 1.165) is 6.07 Å². The van der Waals surface area contributed by atoms with Crippen LogP contribution in [-0.2, 0) is 6.42 Å². The highest BCUT2D eigenvalue weighted by Crippen LogP contribution is 2.28. The molecule has 5 heteroatoms. The number of carboxylic acids is 2. The summed E-state index contributed by atoms with van der Waals surface area (Å²) in [5.41, 5.74) is 0.132. The Morgan fingerprint density at radius 3 is 2.19 bits per heavy atom. The molecular weight excluding hydrogens is 212 g/mol. The Morgan fingerprint density at radius 1 is 1.25 bits per heavy atom. The molecule has 0 saturated heterocycles. The van der Waals surface area contributed by atoms with Gasteiger partial charge < -0.3 is 15.3 Å². The molecule has 86 valence electrons. The van der Waals surface area contributed by atoms with Crippen molar-refractivity contribution in [2.45, 2.75) is 20.3 Å². The molecule has 1 rings (SSSR count). The Hall–Kier alpha value is -2.04. The molecule has 1 aromatic carbocycles. The van der Waals surface area contributed by atoms with Crippen LogP contribution in [0.25, 0.3) is 0 Å². The molecule has 5 nitrogen and oxygen atoms in total. The molecule has 3 N–H and O–H groups in total. The first-order valence-corrected chi connectivity index (χ1v) is 4.72. The van der Waals surface area contributed by atoms with Crippen molar-refractivity contribution >= 4 is 11.9 Å². The summed E-state index contributed by atoms with van der Waals surface area (Å²) < 4.78 is 0. The van der Waals surface area contributed by atoms with Gasteiger partial charge in [0.15, 0.2) is 0 Å². The van der Waals surface area contributed by atoms with E-state index >= 15 is 0 Å². The van der Waals surface area contributed by atoms with Crippen molar-refractivity contribution in [1.29, 1.82) is 0 Å². The summed E-state index contributed by atoms with van der Waals surface area (Å²) in [5, 5.41) is 27.4. The van der Waals surface area contributed by atoms with Gasteiger partial charge in [0.2, 0.25) is 0 Å². The molecule has 0 aliphatic carbocycles. The third-order valence-corrected chi connectivity index (χ3v) is 2.46. The predicted octanol–water partition coefficient (Wildman–Crippen LogP) is 1.66. The van der Waals surface area contributed by atoms with Gasteiger partial charge in [0.1, 0.15) is 5.75 Å². The first-order valence-electron chi connectivity index (χ1n) is 4.72. The Bertz CT molecular complexity index is 462. The normalized spacial score (nSPS) is 10.1.